The molecule has 0 radical (unpaired) electrons. The summed E-state index contributed by atoms with van der Waals surface area (Å²) in [6.07, 6.45) is 0.759. The molecule has 0 saturated carbocycles. The number of fused-ring (bicyclic) bond motifs is 3. The predicted octanol–water partition coefficient (Wildman–Crippen LogP) is 5.25. The van der Waals surface area contributed by atoms with E-state index in [2.05, 4.69) is 10.3 Å². The summed E-state index contributed by atoms with van der Waals surface area (Å²) in [4.78, 5) is 30.2. The van der Waals surface area contributed by atoms with Crippen molar-refractivity contribution in [2.24, 2.45) is 0 Å². The molecule has 0 atom stereocenters. The first-order valence-electron chi connectivity index (χ1n) is 9.59. The van der Waals surface area contributed by atoms with Crippen molar-refractivity contribution in [3.05, 3.63) is 63.4 Å². The Balaban J connectivity index is 1.65. The monoisotopic (exact) mass is 441 g/mol. The lowest BCUT2D eigenvalue weighted by Gasteiger charge is -2.12. The number of amides is 1. The summed E-state index contributed by atoms with van der Waals surface area (Å²) >= 11 is 7.35. The fraction of sp³-hybridized carbons (Fsp3) is 0.227. The summed E-state index contributed by atoms with van der Waals surface area (Å²) in [7, 11) is 0. The van der Waals surface area contributed by atoms with Gasteiger partial charge in [-0.05, 0) is 43.2 Å². The maximum Gasteiger partial charge on any atom is 0.297 e. The number of halogens is 1. The van der Waals surface area contributed by atoms with Crippen LogP contribution in [0.15, 0.2) is 56.8 Å². The highest BCUT2D eigenvalue weighted by molar-refractivity contribution is 7.99. The van der Waals surface area contributed by atoms with Gasteiger partial charge in [0.15, 0.2) is 5.16 Å². The number of anilines is 1. The molecule has 1 N–H and O–H groups in total. The van der Waals surface area contributed by atoms with Gasteiger partial charge in [-0.1, -0.05) is 48.5 Å². The molecule has 1 amide bonds. The molecule has 0 aliphatic carbocycles. The van der Waals surface area contributed by atoms with Gasteiger partial charge < -0.3 is 9.73 Å². The van der Waals surface area contributed by atoms with Crippen LogP contribution in [-0.4, -0.2) is 21.2 Å². The maximum absolute atomic E-state index is 13.0. The molecule has 0 bridgehead atoms. The minimum absolute atomic E-state index is 0.114. The molecule has 0 spiro atoms. The lowest BCUT2D eigenvalue weighted by Crippen LogP contribution is -2.23. The van der Waals surface area contributed by atoms with Gasteiger partial charge in [-0.2, -0.15) is 0 Å². The van der Waals surface area contributed by atoms with Crippen molar-refractivity contribution in [1.82, 2.24) is 9.55 Å². The zero-order valence-electron chi connectivity index (χ0n) is 16.6. The van der Waals surface area contributed by atoms with Gasteiger partial charge in [-0.15, -0.1) is 0 Å². The zero-order chi connectivity index (χ0) is 21.3. The van der Waals surface area contributed by atoms with Crippen molar-refractivity contribution in [1.29, 1.82) is 0 Å². The molecule has 2 heterocycles. The molecule has 0 saturated heterocycles. The van der Waals surface area contributed by atoms with Gasteiger partial charge in [0.05, 0.1) is 5.75 Å². The van der Waals surface area contributed by atoms with Crippen LogP contribution in [0, 0.1) is 6.92 Å². The number of hydrogen-bond donors (Lipinski definition) is 1. The van der Waals surface area contributed by atoms with Gasteiger partial charge in [0.25, 0.3) is 5.56 Å². The highest BCUT2D eigenvalue weighted by atomic mass is 35.5. The molecule has 4 rings (SSSR count). The Hall–Kier alpha value is -2.77. The minimum Gasteiger partial charge on any atom is -0.448 e. The largest absolute Gasteiger partial charge is 0.448 e. The maximum atomic E-state index is 13.0. The Bertz CT molecular complexity index is 1310. The number of rotatable bonds is 6. The smallest absolute Gasteiger partial charge is 0.297 e. The van der Waals surface area contributed by atoms with Crippen molar-refractivity contribution >= 4 is 57.0 Å². The van der Waals surface area contributed by atoms with Crippen molar-refractivity contribution < 1.29 is 9.21 Å². The number of para-hydroxylation sites is 1. The number of furan rings is 1. The van der Waals surface area contributed by atoms with E-state index in [9.17, 15) is 9.59 Å². The SMILES string of the molecule is CCCn1c(SCC(=O)Nc2cccc(Cl)c2C)nc2c(oc3ccccc32)c1=O. The van der Waals surface area contributed by atoms with Crippen molar-refractivity contribution in [3.63, 3.8) is 0 Å². The number of nitrogens with one attached hydrogen (secondary N) is 1. The van der Waals surface area contributed by atoms with E-state index < -0.39 is 0 Å². The zero-order valence-corrected chi connectivity index (χ0v) is 18.1. The van der Waals surface area contributed by atoms with Crippen LogP contribution in [0.25, 0.3) is 22.1 Å². The van der Waals surface area contributed by atoms with Crippen LogP contribution in [0.1, 0.15) is 18.9 Å². The summed E-state index contributed by atoms with van der Waals surface area (Å²) in [5, 5.41) is 4.75. The third-order valence-electron chi connectivity index (χ3n) is 4.77. The molecule has 30 heavy (non-hydrogen) atoms. The molecule has 6 nitrogen and oxygen atoms in total. The first-order chi connectivity index (χ1) is 14.5. The van der Waals surface area contributed by atoms with Crippen molar-refractivity contribution in [2.75, 3.05) is 11.1 Å². The Morgan fingerprint density at radius 3 is 2.83 bits per heavy atom. The van der Waals surface area contributed by atoms with Crippen molar-refractivity contribution in [3.8, 4) is 0 Å². The van der Waals surface area contributed by atoms with Crippen LogP contribution in [0.2, 0.25) is 5.02 Å². The van der Waals surface area contributed by atoms with E-state index in [1.54, 1.807) is 22.8 Å². The first kappa shape index (κ1) is 20.5. The molecular weight excluding hydrogens is 422 g/mol. The lowest BCUT2D eigenvalue weighted by molar-refractivity contribution is -0.113. The summed E-state index contributed by atoms with van der Waals surface area (Å²) < 4.78 is 7.33. The van der Waals surface area contributed by atoms with Crippen LogP contribution < -0.4 is 10.9 Å². The second-order valence-corrected chi connectivity index (χ2v) is 8.23. The minimum atomic E-state index is -0.230. The van der Waals surface area contributed by atoms with Gasteiger partial charge in [0.1, 0.15) is 11.1 Å². The van der Waals surface area contributed by atoms with Crippen molar-refractivity contribution in [2.45, 2.75) is 32.0 Å². The third kappa shape index (κ3) is 3.82. The molecule has 8 heteroatoms. The molecule has 4 aromatic rings. The molecule has 0 aliphatic heterocycles. The number of aromatic nitrogens is 2. The van der Waals surface area contributed by atoms with Crippen LogP contribution >= 0.6 is 23.4 Å². The first-order valence-corrected chi connectivity index (χ1v) is 11.0. The van der Waals surface area contributed by atoms with Gasteiger partial charge in [-0.3, -0.25) is 14.2 Å². The van der Waals surface area contributed by atoms with Crippen LogP contribution in [-0.2, 0) is 11.3 Å². The Kier molecular flexibility index (Phi) is 5.83. The van der Waals surface area contributed by atoms with Crippen LogP contribution in [0.4, 0.5) is 5.69 Å². The van der Waals surface area contributed by atoms with E-state index in [-0.39, 0.29) is 22.8 Å². The van der Waals surface area contributed by atoms with E-state index in [0.717, 1.165) is 17.4 Å². The topological polar surface area (TPSA) is 77.1 Å². The van der Waals surface area contributed by atoms with Gasteiger partial charge in [0.2, 0.25) is 11.5 Å². The molecular formula is C22H20ClN3O3S. The fourth-order valence-corrected chi connectivity index (χ4v) is 4.24. The molecule has 0 unspecified atom stereocenters. The second-order valence-electron chi connectivity index (χ2n) is 6.88. The quantitative estimate of drug-likeness (QED) is 0.327. The lowest BCUT2D eigenvalue weighted by atomic mass is 10.2. The highest BCUT2D eigenvalue weighted by Gasteiger charge is 2.18. The summed E-state index contributed by atoms with van der Waals surface area (Å²) in [5.74, 6) is -0.0801. The Morgan fingerprint density at radius 2 is 2.03 bits per heavy atom. The molecule has 0 fully saturated rings. The van der Waals surface area contributed by atoms with E-state index in [4.69, 9.17) is 16.0 Å². The number of carbonyl (C=O) groups excluding carboxylic acids is 1. The number of benzene rings is 2. The Morgan fingerprint density at radius 1 is 1.23 bits per heavy atom. The van der Waals surface area contributed by atoms with E-state index in [1.807, 2.05) is 38.1 Å². The average molecular weight is 442 g/mol. The number of nitrogens with zero attached hydrogens (tertiary/aromatic N) is 2. The number of carbonyl (C=O) groups is 1. The Labute approximate surface area is 182 Å². The summed E-state index contributed by atoms with van der Waals surface area (Å²) in [6, 6.07) is 12.8. The molecule has 2 aromatic carbocycles. The van der Waals surface area contributed by atoms with Crippen LogP contribution in [0.5, 0.6) is 0 Å². The third-order valence-corrected chi connectivity index (χ3v) is 6.15. The fourth-order valence-electron chi connectivity index (χ4n) is 3.24. The summed E-state index contributed by atoms with van der Waals surface area (Å²) in [5.41, 5.74) is 2.64. The summed E-state index contributed by atoms with van der Waals surface area (Å²) in [6.45, 7) is 4.33. The van der Waals surface area contributed by atoms with Gasteiger partial charge >= 0.3 is 0 Å². The molecule has 0 aliphatic rings. The van der Waals surface area contributed by atoms with E-state index in [0.29, 0.717) is 33.5 Å². The number of hydrogen-bond acceptors (Lipinski definition) is 5. The van der Waals surface area contributed by atoms with E-state index >= 15 is 0 Å². The normalized spacial score (nSPS) is 11.3. The van der Waals surface area contributed by atoms with E-state index in [1.165, 1.54) is 11.8 Å². The van der Waals surface area contributed by atoms with Crippen LogP contribution in [0.3, 0.4) is 0 Å². The molecule has 154 valence electrons. The average Bonchev–Trinajstić information content (AvgIpc) is 3.11. The number of thioether (sulfide) groups is 1. The van der Waals surface area contributed by atoms with Gasteiger partial charge in [0, 0.05) is 22.6 Å². The standard InChI is InChI=1S/C22H20ClN3O3S/c1-3-11-26-21(28)20-19(14-7-4-5-10-17(14)29-20)25-22(26)30-12-18(27)24-16-9-6-8-15(23)13(16)2/h4-10H,3,11-12H2,1-2H3,(H,24,27). The second kappa shape index (κ2) is 8.53. The molecule has 2 aromatic heterocycles. The van der Waals surface area contributed by atoms with Gasteiger partial charge in [-0.25, -0.2) is 4.98 Å². The predicted molar refractivity (Wildman–Crippen MR) is 122 cm³/mol. The highest BCUT2D eigenvalue weighted by Crippen LogP contribution is 2.28.